The number of nitrogens with zero attached hydrogens (tertiary/aromatic N) is 2. The Hall–Kier alpha value is 0.250. The van der Waals surface area contributed by atoms with Crippen molar-refractivity contribution in [3.63, 3.8) is 0 Å². The van der Waals surface area contributed by atoms with Gasteiger partial charge in [0.15, 0.2) is 6.73 Å². The Morgan fingerprint density at radius 1 is 0.955 bits per heavy atom. The molecule has 0 saturated carbocycles. The molecule has 3 N–H and O–H groups in total. The largest absolute Gasteiger partial charge is 0.696 e. The topological polar surface area (TPSA) is 103 Å². The van der Waals surface area contributed by atoms with Gasteiger partial charge in [-0.05, 0) is 37.5 Å². The van der Waals surface area contributed by atoms with Gasteiger partial charge in [-0.3, -0.25) is 14.3 Å². The number of rotatable bonds is 7. The normalized spacial score (nSPS) is 24.1. The maximum Gasteiger partial charge on any atom is 0.696 e. The Bertz CT molecular complexity index is 347. The molecule has 0 aromatic rings. The summed E-state index contributed by atoms with van der Waals surface area (Å²) in [5, 5.41) is 0. The van der Waals surface area contributed by atoms with Crippen LogP contribution in [0, 0.1) is 11.8 Å². The molecule has 0 aliphatic carbocycles. The molecule has 2 heterocycles. The van der Waals surface area contributed by atoms with Crippen LogP contribution in [0.4, 0.5) is 0 Å². The summed E-state index contributed by atoms with van der Waals surface area (Å²) in [5.74, 6) is 1.41. The van der Waals surface area contributed by atoms with Crippen LogP contribution < -0.4 is 0 Å². The zero-order valence-corrected chi connectivity index (χ0v) is 14.4. The van der Waals surface area contributed by atoms with Gasteiger partial charge in [0.2, 0.25) is 0 Å². The molecule has 22 heavy (non-hydrogen) atoms. The van der Waals surface area contributed by atoms with Crippen LogP contribution >= 0.6 is 16.9 Å². The van der Waals surface area contributed by atoms with Crippen molar-refractivity contribution in [2.45, 2.75) is 25.7 Å². The van der Waals surface area contributed by atoms with Gasteiger partial charge < -0.3 is 9.79 Å². The van der Waals surface area contributed by atoms with Gasteiger partial charge in [-0.2, -0.15) is 0 Å². The van der Waals surface area contributed by atoms with Gasteiger partial charge in [-0.1, -0.05) is 0 Å². The zero-order valence-electron chi connectivity index (χ0n) is 12.6. The van der Waals surface area contributed by atoms with Crippen molar-refractivity contribution in [2.75, 3.05) is 39.6 Å². The van der Waals surface area contributed by atoms with Gasteiger partial charge in [0.25, 0.3) is 0 Å². The summed E-state index contributed by atoms with van der Waals surface area (Å²) in [7, 11) is -4.77. The minimum Gasteiger partial charge on any atom is -0.328 e. The van der Waals surface area contributed by atoms with Crippen molar-refractivity contribution >= 4 is 16.9 Å². The second-order valence-electron chi connectivity index (χ2n) is 5.92. The molecule has 1 atom stereocenters. The molecule has 2 aliphatic heterocycles. The first-order valence-electron chi connectivity index (χ1n) is 7.59. The van der Waals surface area contributed by atoms with Gasteiger partial charge >= 0.3 is 16.9 Å². The SMILES string of the molecule is O=[P+](O)OCN1CCC(C2CCN(COP(O)O)CC2)CC1. The van der Waals surface area contributed by atoms with E-state index in [0.29, 0.717) is 18.6 Å². The van der Waals surface area contributed by atoms with Crippen molar-refractivity contribution in [1.29, 1.82) is 0 Å². The van der Waals surface area contributed by atoms with Crippen molar-refractivity contribution < 1.29 is 28.3 Å². The molecule has 1 unspecified atom stereocenters. The molecule has 0 radical (unpaired) electrons. The Balaban J connectivity index is 1.63. The summed E-state index contributed by atoms with van der Waals surface area (Å²) in [5.41, 5.74) is 0. The molecule has 0 aromatic heterocycles. The molecular formula is C12H25N2O6P2+. The first kappa shape index (κ1) is 18.6. The van der Waals surface area contributed by atoms with E-state index in [-0.39, 0.29) is 6.73 Å². The van der Waals surface area contributed by atoms with Gasteiger partial charge in [-0.15, -0.1) is 9.42 Å². The van der Waals surface area contributed by atoms with Crippen LogP contribution in [0.2, 0.25) is 0 Å². The minimum atomic E-state index is -2.51. The quantitative estimate of drug-likeness (QED) is 0.586. The highest BCUT2D eigenvalue weighted by atomic mass is 31.2. The Labute approximate surface area is 133 Å². The predicted octanol–water partition coefficient (Wildman–Crippen LogP) is 1.22. The number of piperidine rings is 2. The van der Waals surface area contributed by atoms with E-state index in [9.17, 15) is 4.57 Å². The third-order valence-electron chi connectivity index (χ3n) is 4.64. The van der Waals surface area contributed by atoms with E-state index in [2.05, 4.69) is 9.80 Å². The molecule has 0 spiro atoms. The molecule has 0 aromatic carbocycles. The molecular weight excluding hydrogens is 330 g/mol. The third-order valence-corrected chi connectivity index (χ3v) is 5.32. The molecule has 2 rings (SSSR count). The van der Waals surface area contributed by atoms with Crippen LogP contribution in [0.25, 0.3) is 0 Å². The summed E-state index contributed by atoms with van der Waals surface area (Å²) in [6.45, 7) is 4.22. The van der Waals surface area contributed by atoms with Gasteiger partial charge in [0.1, 0.15) is 6.73 Å². The zero-order chi connectivity index (χ0) is 15.9. The highest BCUT2D eigenvalue weighted by Crippen LogP contribution is 2.33. The van der Waals surface area contributed by atoms with E-state index in [4.69, 9.17) is 23.7 Å². The average molecular weight is 355 g/mol. The van der Waals surface area contributed by atoms with E-state index in [1.54, 1.807) is 0 Å². The summed E-state index contributed by atoms with van der Waals surface area (Å²) in [6, 6.07) is 0. The fourth-order valence-electron chi connectivity index (χ4n) is 3.37. The second-order valence-corrected chi connectivity index (χ2v) is 7.42. The lowest BCUT2D eigenvalue weighted by Gasteiger charge is -2.39. The summed E-state index contributed by atoms with van der Waals surface area (Å²) in [6.07, 6.45) is 4.43. The van der Waals surface area contributed by atoms with Crippen LogP contribution in [0.1, 0.15) is 25.7 Å². The molecule has 0 amide bonds. The van der Waals surface area contributed by atoms with Gasteiger partial charge in [0, 0.05) is 30.7 Å². The first-order valence-corrected chi connectivity index (χ1v) is 9.88. The lowest BCUT2D eigenvalue weighted by atomic mass is 9.79. The van der Waals surface area contributed by atoms with Crippen LogP contribution in [0.5, 0.6) is 0 Å². The molecule has 2 fully saturated rings. The number of hydrogen-bond donors (Lipinski definition) is 3. The van der Waals surface area contributed by atoms with Crippen molar-refractivity contribution in [1.82, 2.24) is 9.80 Å². The molecule has 8 nitrogen and oxygen atoms in total. The van der Waals surface area contributed by atoms with Crippen LogP contribution in [-0.2, 0) is 13.6 Å². The average Bonchev–Trinajstić information content (AvgIpc) is 2.52. The smallest absolute Gasteiger partial charge is 0.328 e. The molecule has 128 valence electrons. The lowest BCUT2D eigenvalue weighted by Crippen LogP contribution is -2.41. The maximum absolute atomic E-state index is 10.5. The van der Waals surface area contributed by atoms with Crippen LogP contribution in [-0.4, -0.2) is 64.1 Å². The fourth-order valence-corrected chi connectivity index (χ4v) is 3.90. The van der Waals surface area contributed by atoms with E-state index in [0.717, 1.165) is 51.9 Å². The number of hydrogen-bond acceptors (Lipinski definition) is 7. The lowest BCUT2D eigenvalue weighted by molar-refractivity contribution is 0.0370. The standard InChI is InChI=1S/C12H24N2O6P2/c15-21(16)19-9-13-5-1-11(2-6-13)12-3-7-14(8-4-12)10-20-22(17)18/h11-12,15-16H,1-10H2/p+1. The first-order chi connectivity index (χ1) is 10.5. The summed E-state index contributed by atoms with van der Waals surface area (Å²) < 4.78 is 20.1. The van der Waals surface area contributed by atoms with Gasteiger partial charge in [0.05, 0.1) is 0 Å². The van der Waals surface area contributed by atoms with Gasteiger partial charge in [-0.25, -0.2) is 0 Å². The van der Waals surface area contributed by atoms with E-state index in [1.165, 1.54) is 0 Å². The molecule has 2 saturated heterocycles. The molecule has 2 aliphatic rings. The Morgan fingerprint density at radius 2 is 1.41 bits per heavy atom. The fraction of sp³-hybridized carbons (Fsp3) is 1.00. The molecule has 10 heteroatoms. The van der Waals surface area contributed by atoms with Crippen molar-refractivity contribution in [2.24, 2.45) is 11.8 Å². The van der Waals surface area contributed by atoms with Crippen molar-refractivity contribution in [3.8, 4) is 0 Å². The van der Waals surface area contributed by atoms with E-state index < -0.39 is 16.9 Å². The molecule has 0 bridgehead atoms. The van der Waals surface area contributed by atoms with E-state index in [1.807, 2.05) is 0 Å². The summed E-state index contributed by atoms with van der Waals surface area (Å²) in [4.78, 5) is 30.4. The highest BCUT2D eigenvalue weighted by molar-refractivity contribution is 7.39. The summed E-state index contributed by atoms with van der Waals surface area (Å²) >= 11 is 0. The second kappa shape index (κ2) is 9.52. The minimum absolute atomic E-state index is 0.236. The van der Waals surface area contributed by atoms with Crippen LogP contribution in [0.15, 0.2) is 0 Å². The van der Waals surface area contributed by atoms with Crippen LogP contribution in [0.3, 0.4) is 0 Å². The third kappa shape index (κ3) is 6.40. The Kier molecular flexibility index (Phi) is 8.05. The number of likely N-dealkylation sites (tertiary alicyclic amines) is 2. The highest BCUT2D eigenvalue weighted by Gasteiger charge is 2.30. The van der Waals surface area contributed by atoms with E-state index >= 15 is 0 Å². The maximum atomic E-state index is 10.5. The Morgan fingerprint density at radius 3 is 1.82 bits per heavy atom. The van der Waals surface area contributed by atoms with Crippen molar-refractivity contribution in [3.05, 3.63) is 0 Å². The predicted molar refractivity (Wildman–Crippen MR) is 81.7 cm³/mol. The monoisotopic (exact) mass is 355 g/mol.